The third kappa shape index (κ3) is 7.51. The summed E-state index contributed by atoms with van der Waals surface area (Å²) in [6.45, 7) is 9.04. The maximum atomic E-state index is 10.9. The predicted molar refractivity (Wildman–Crippen MR) is 57.7 cm³/mol. The minimum Gasteiger partial charge on any atom is -0.300 e. The van der Waals surface area contributed by atoms with Gasteiger partial charge in [0.1, 0.15) is 5.78 Å². The zero-order valence-corrected chi connectivity index (χ0v) is 8.59. The quantitative estimate of drug-likeness (QED) is 0.522. The van der Waals surface area contributed by atoms with Crippen LogP contribution in [0, 0.1) is 5.92 Å². The first kappa shape index (κ1) is 12.2. The van der Waals surface area contributed by atoms with Crippen LogP contribution in [-0.2, 0) is 4.79 Å². The van der Waals surface area contributed by atoms with E-state index in [1.807, 2.05) is 12.2 Å². The molecule has 1 heteroatoms. The molecule has 0 saturated carbocycles. The summed E-state index contributed by atoms with van der Waals surface area (Å²) in [7, 11) is 0. The van der Waals surface area contributed by atoms with Crippen molar-refractivity contribution in [3.8, 4) is 0 Å². The Kier molecular flexibility index (Phi) is 7.27. The summed E-state index contributed by atoms with van der Waals surface area (Å²) in [6.07, 6.45) is 8.72. The molecule has 0 aromatic heterocycles. The van der Waals surface area contributed by atoms with Gasteiger partial charge in [-0.25, -0.2) is 0 Å². The standard InChI is InChI=1S/C12H20O/c1-4-6-8-12(9-7-5-2)10-11(3)13/h4-5,12H,1-2,6-10H2,3H3. The summed E-state index contributed by atoms with van der Waals surface area (Å²) >= 11 is 0. The van der Waals surface area contributed by atoms with Crippen LogP contribution in [-0.4, -0.2) is 5.78 Å². The van der Waals surface area contributed by atoms with E-state index in [-0.39, 0.29) is 5.78 Å². The van der Waals surface area contributed by atoms with Gasteiger partial charge in [0.25, 0.3) is 0 Å². The highest BCUT2D eigenvalue weighted by atomic mass is 16.1. The van der Waals surface area contributed by atoms with Gasteiger partial charge >= 0.3 is 0 Å². The van der Waals surface area contributed by atoms with E-state index < -0.39 is 0 Å². The fraction of sp³-hybridized carbons (Fsp3) is 0.583. The second-order valence-corrected chi connectivity index (χ2v) is 3.50. The molecule has 0 spiro atoms. The second kappa shape index (κ2) is 7.78. The van der Waals surface area contributed by atoms with Gasteiger partial charge in [0.15, 0.2) is 0 Å². The summed E-state index contributed by atoms with van der Waals surface area (Å²) in [5.41, 5.74) is 0. The van der Waals surface area contributed by atoms with Crippen molar-refractivity contribution >= 4 is 5.78 Å². The van der Waals surface area contributed by atoms with Gasteiger partial charge in [0.05, 0.1) is 0 Å². The molecule has 0 radical (unpaired) electrons. The molecule has 0 aliphatic carbocycles. The van der Waals surface area contributed by atoms with Crippen molar-refractivity contribution in [3.05, 3.63) is 25.3 Å². The highest BCUT2D eigenvalue weighted by Gasteiger charge is 2.09. The lowest BCUT2D eigenvalue weighted by molar-refractivity contribution is -0.118. The van der Waals surface area contributed by atoms with Crippen LogP contribution in [0.25, 0.3) is 0 Å². The maximum Gasteiger partial charge on any atom is 0.130 e. The Morgan fingerprint density at radius 2 is 1.69 bits per heavy atom. The molecule has 0 N–H and O–H groups in total. The SMILES string of the molecule is C=CCCC(CCC=C)CC(C)=O. The zero-order chi connectivity index (χ0) is 10.1. The van der Waals surface area contributed by atoms with Crippen molar-refractivity contribution < 1.29 is 4.79 Å². The molecule has 0 aliphatic heterocycles. The number of carbonyl (C=O) groups is 1. The van der Waals surface area contributed by atoms with Gasteiger partial charge in [-0.15, -0.1) is 13.2 Å². The number of carbonyl (C=O) groups excluding carboxylic acids is 1. The fourth-order valence-corrected chi connectivity index (χ4v) is 1.46. The van der Waals surface area contributed by atoms with Crippen LogP contribution >= 0.6 is 0 Å². The molecule has 0 atom stereocenters. The minimum atomic E-state index is 0.290. The Bertz CT molecular complexity index is 158. The van der Waals surface area contributed by atoms with Crippen molar-refractivity contribution in [2.45, 2.75) is 39.0 Å². The van der Waals surface area contributed by atoms with Crippen molar-refractivity contribution in [2.24, 2.45) is 5.92 Å². The Balaban J connectivity index is 3.78. The zero-order valence-electron chi connectivity index (χ0n) is 8.59. The first-order chi connectivity index (χ1) is 6.20. The van der Waals surface area contributed by atoms with E-state index in [2.05, 4.69) is 13.2 Å². The molecular weight excluding hydrogens is 160 g/mol. The molecule has 1 nitrogen and oxygen atoms in total. The molecule has 0 aromatic rings. The lowest BCUT2D eigenvalue weighted by atomic mass is 9.93. The van der Waals surface area contributed by atoms with Gasteiger partial charge in [-0.05, 0) is 38.5 Å². The largest absolute Gasteiger partial charge is 0.300 e. The van der Waals surface area contributed by atoms with E-state index in [4.69, 9.17) is 0 Å². The first-order valence-corrected chi connectivity index (χ1v) is 4.92. The van der Waals surface area contributed by atoms with Crippen molar-refractivity contribution in [1.82, 2.24) is 0 Å². The van der Waals surface area contributed by atoms with Crippen molar-refractivity contribution in [1.29, 1.82) is 0 Å². The molecule has 0 bridgehead atoms. The van der Waals surface area contributed by atoms with Crippen molar-refractivity contribution in [2.75, 3.05) is 0 Å². The topological polar surface area (TPSA) is 17.1 Å². The van der Waals surface area contributed by atoms with E-state index in [9.17, 15) is 4.79 Å². The summed E-state index contributed by atoms with van der Waals surface area (Å²) in [5.74, 6) is 0.812. The fourth-order valence-electron chi connectivity index (χ4n) is 1.46. The molecule has 0 unspecified atom stereocenters. The van der Waals surface area contributed by atoms with E-state index in [1.54, 1.807) is 6.92 Å². The second-order valence-electron chi connectivity index (χ2n) is 3.50. The lowest BCUT2D eigenvalue weighted by Gasteiger charge is -2.12. The van der Waals surface area contributed by atoms with Crippen LogP contribution in [0.3, 0.4) is 0 Å². The monoisotopic (exact) mass is 180 g/mol. The van der Waals surface area contributed by atoms with Crippen LogP contribution in [0.5, 0.6) is 0 Å². The molecule has 0 saturated heterocycles. The lowest BCUT2D eigenvalue weighted by Crippen LogP contribution is -2.05. The molecule has 0 aromatic carbocycles. The van der Waals surface area contributed by atoms with Crippen LogP contribution in [0.2, 0.25) is 0 Å². The summed E-state index contributed by atoms with van der Waals surface area (Å²) in [6, 6.07) is 0. The average Bonchev–Trinajstić information content (AvgIpc) is 2.09. The smallest absolute Gasteiger partial charge is 0.130 e. The Hall–Kier alpha value is -0.850. The van der Waals surface area contributed by atoms with Gasteiger partial charge in [-0.3, -0.25) is 0 Å². The third-order valence-corrected chi connectivity index (χ3v) is 2.13. The summed E-state index contributed by atoms with van der Waals surface area (Å²) in [4.78, 5) is 10.9. The van der Waals surface area contributed by atoms with Crippen LogP contribution in [0.15, 0.2) is 25.3 Å². The highest BCUT2D eigenvalue weighted by molar-refractivity contribution is 5.75. The summed E-state index contributed by atoms with van der Waals surface area (Å²) < 4.78 is 0. The predicted octanol–water partition coefficient (Wildman–Crippen LogP) is 3.51. The van der Waals surface area contributed by atoms with Crippen LogP contribution < -0.4 is 0 Å². The normalized spacial score (nSPS) is 10.0. The van der Waals surface area contributed by atoms with Crippen molar-refractivity contribution in [3.63, 3.8) is 0 Å². The van der Waals surface area contributed by atoms with Gasteiger partial charge in [0.2, 0.25) is 0 Å². The Labute approximate surface area is 81.5 Å². The molecule has 0 amide bonds. The Morgan fingerprint density at radius 1 is 1.23 bits per heavy atom. The number of allylic oxidation sites excluding steroid dienone is 2. The van der Waals surface area contributed by atoms with Crippen LogP contribution in [0.4, 0.5) is 0 Å². The molecule has 0 fully saturated rings. The van der Waals surface area contributed by atoms with Gasteiger partial charge in [0, 0.05) is 6.42 Å². The average molecular weight is 180 g/mol. The number of Topliss-reactive ketones (excluding diaryl/α,β-unsaturated/α-hetero) is 1. The van der Waals surface area contributed by atoms with E-state index in [1.165, 1.54) is 0 Å². The first-order valence-electron chi connectivity index (χ1n) is 4.92. The molecule has 74 valence electrons. The minimum absolute atomic E-state index is 0.290. The van der Waals surface area contributed by atoms with E-state index in [0.717, 1.165) is 25.7 Å². The van der Waals surface area contributed by atoms with E-state index in [0.29, 0.717) is 12.3 Å². The third-order valence-electron chi connectivity index (χ3n) is 2.13. The molecule has 13 heavy (non-hydrogen) atoms. The molecular formula is C12H20O. The summed E-state index contributed by atoms with van der Waals surface area (Å²) in [5, 5.41) is 0. The van der Waals surface area contributed by atoms with E-state index >= 15 is 0 Å². The van der Waals surface area contributed by atoms with Gasteiger partial charge in [-0.1, -0.05) is 12.2 Å². The molecule has 0 heterocycles. The number of rotatable bonds is 8. The maximum absolute atomic E-state index is 10.9. The van der Waals surface area contributed by atoms with Gasteiger partial charge in [-0.2, -0.15) is 0 Å². The highest BCUT2D eigenvalue weighted by Crippen LogP contribution is 2.18. The Morgan fingerprint density at radius 3 is 2.00 bits per heavy atom. The van der Waals surface area contributed by atoms with Gasteiger partial charge < -0.3 is 4.79 Å². The molecule has 0 rings (SSSR count). The number of hydrogen-bond donors (Lipinski definition) is 0. The van der Waals surface area contributed by atoms with Crippen LogP contribution in [0.1, 0.15) is 39.0 Å². The number of hydrogen-bond acceptors (Lipinski definition) is 1. The molecule has 0 aliphatic rings. The number of ketones is 1.